The van der Waals surface area contributed by atoms with Gasteiger partial charge in [-0.25, -0.2) is 0 Å². The fourth-order valence-corrected chi connectivity index (χ4v) is 2.72. The lowest BCUT2D eigenvalue weighted by Gasteiger charge is -2.33. The predicted molar refractivity (Wildman–Crippen MR) is 69.8 cm³/mol. The van der Waals surface area contributed by atoms with Crippen molar-refractivity contribution in [2.75, 3.05) is 26.7 Å². The van der Waals surface area contributed by atoms with Gasteiger partial charge in [0.2, 0.25) is 0 Å². The number of ether oxygens (including phenoxy) is 1. The molecule has 0 bridgehead atoms. The maximum atomic E-state index is 11.4. The zero-order chi connectivity index (χ0) is 12.8. The van der Waals surface area contributed by atoms with Crippen molar-refractivity contribution in [1.29, 1.82) is 0 Å². The average molecular weight is 241 g/mol. The molecule has 1 aliphatic heterocycles. The highest BCUT2D eigenvalue weighted by Crippen LogP contribution is 2.25. The molecular formula is C14H27NO2. The number of hydrogen-bond acceptors (Lipinski definition) is 3. The van der Waals surface area contributed by atoms with Crippen LogP contribution < -0.4 is 0 Å². The molecular weight excluding hydrogens is 214 g/mol. The van der Waals surface area contributed by atoms with E-state index >= 15 is 0 Å². The number of rotatable bonds is 5. The second-order valence-electron chi connectivity index (χ2n) is 5.80. The first-order valence-electron chi connectivity index (χ1n) is 6.83. The third-order valence-corrected chi connectivity index (χ3v) is 3.62. The van der Waals surface area contributed by atoms with Crippen molar-refractivity contribution in [2.24, 2.45) is 17.8 Å². The van der Waals surface area contributed by atoms with E-state index in [0.29, 0.717) is 5.92 Å². The van der Waals surface area contributed by atoms with Crippen LogP contribution in [0.25, 0.3) is 0 Å². The zero-order valence-electron chi connectivity index (χ0n) is 11.7. The van der Waals surface area contributed by atoms with Crippen molar-refractivity contribution < 1.29 is 9.53 Å². The smallest absolute Gasteiger partial charge is 0.308 e. The van der Waals surface area contributed by atoms with E-state index in [1.807, 2.05) is 6.92 Å². The molecule has 3 nitrogen and oxygen atoms in total. The third-order valence-electron chi connectivity index (χ3n) is 3.62. The van der Waals surface area contributed by atoms with Crippen molar-refractivity contribution >= 4 is 5.97 Å². The van der Waals surface area contributed by atoms with Crippen LogP contribution in [0, 0.1) is 17.8 Å². The van der Waals surface area contributed by atoms with Crippen molar-refractivity contribution in [1.82, 2.24) is 4.90 Å². The number of hydrogen-bond donors (Lipinski definition) is 0. The molecule has 17 heavy (non-hydrogen) atoms. The van der Waals surface area contributed by atoms with E-state index in [9.17, 15) is 4.79 Å². The minimum atomic E-state index is -0.0605. The quantitative estimate of drug-likeness (QED) is 0.693. The monoisotopic (exact) mass is 241 g/mol. The van der Waals surface area contributed by atoms with Gasteiger partial charge >= 0.3 is 5.97 Å². The van der Waals surface area contributed by atoms with Gasteiger partial charge in [-0.2, -0.15) is 0 Å². The maximum absolute atomic E-state index is 11.4. The SMILES string of the molecule is COC(=O)C(C)CC1CCN(CC(C)C)CC1. The Balaban J connectivity index is 2.25. The van der Waals surface area contributed by atoms with Gasteiger partial charge in [0.25, 0.3) is 0 Å². The Hall–Kier alpha value is -0.570. The minimum absolute atomic E-state index is 0.0571. The maximum Gasteiger partial charge on any atom is 0.308 e. The van der Waals surface area contributed by atoms with Crippen molar-refractivity contribution in [2.45, 2.75) is 40.0 Å². The van der Waals surface area contributed by atoms with Crippen molar-refractivity contribution in [3.63, 3.8) is 0 Å². The topological polar surface area (TPSA) is 29.5 Å². The summed E-state index contributed by atoms with van der Waals surface area (Å²) in [6.07, 6.45) is 3.45. The van der Waals surface area contributed by atoms with Crippen LogP contribution in [-0.2, 0) is 9.53 Å². The van der Waals surface area contributed by atoms with Crippen LogP contribution in [0.2, 0.25) is 0 Å². The number of nitrogens with zero attached hydrogens (tertiary/aromatic N) is 1. The Morgan fingerprint density at radius 3 is 2.35 bits per heavy atom. The molecule has 1 saturated heterocycles. The summed E-state index contributed by atoms with van der Waals surface area (Å²) in [7, 11) is 1.48. The molecule has 1 aliphatic rings. The summed E-state index contributed by atoms with van der Waals surface area (Å²) < 4.78 is 4.78. The molecule has 3 heteroatoms. The van der Waals surface area contributed by atoms with Crippen LogP contribution in [0.1, 0.15) is 40.0 Å². The normalized spacial score (nSPS) is 20.5. The Labute approximate surface area is 106 Å². The van der Waals surface area contributed by atoms with Gasteiger partial charge in [-0.1, -0.05) is 20.8 Å². The summed E-state index contributed by atoms with van der Waals surface area (Å²) in [4.78, 5) is 13.9. The molecule has 1 unspecified atom stereocenters. The fourth-order valence-electron chi connectivity index (χ4n) is 2.72. The van der Waals surface area contributed by atoms with E-state index in [1.165, 1.54) is 39.6 Å². The molecule has 1 heterocycles. The number of likely N-dealkylation sites (tertiary alicyclic amines) is 1. The largest absolute Gasteiger partial charge is 0.469 e. The molecule has 0 aliphatic carbocycles. The van der Waals surface area contributed by atoms with Gasteiger partial charge in [0.15, 0.2) is 0 Å². The first-order valence-corrected chi connectivity index (χ1v) is 6.83. The van der Waals surface area contributed by atoms with Crippen LogP contribution in [0.4, 0.5) is 0 Å². The molecule has 0 amide bonds. The van der Waals surface area contributed by atoms with Gasteiger partial charge in [0, 0.05) is 6.54 Å². The number of carbonyl (C=O) groups is 1. The Morgan fingerprint density at radius 2 is 1.88 bits per heavy atom. The highest BCUT2D eigenvalue weighted by molar-refractivity contribution is 5.71. The van der Waals surface area contributed by atoms with Gasteiger partial charge in [0.05, 0.1) is 13.0 Å². The first-order chi connectivity index (χ1) is 8.02. The van der Waals surface area contributed by atoms with Crippen LogP contribution in [0.5, 0.6) is 0 Å². The number of esters is 1. The van der Waals surface area contributed by atoms with Gasteiger partial charge in [-0.3, -0.25) is 4.79 Å². The molecule has 0 saturated carbocycles. The van der Waals surface area contributed by atoms with E-state index in [1.54, 1.807) is 0 Å². The van der Waals surface area contributed by atoms with Gasteiger partial charge in [-0.15, -0.1) is 0 Å². The molecule has 1 fully saturated rings. The molecule has 1 atom stereocenters. The van der Waals surface area contributed by atoms with Crippen molar-refractivity contribution in [3.05, 3.63) is 0 Å². The Morgan fingerprint density at radius 1 is 1.29 bits per heavy atom. The Kier molecular flexibility index (Phi) is 5.96. The van der Waals surface area contributed by atoms with Gasteiger partial charge < -0.3 is 9.64 Å². The average Bonchev–Trinajstić information content (AvgIpc) is 2.30. The zero-order valence-corrected chi connectivity index (χ0v) is 11.7. The van der Waals surface area contributed by atoms with Crippen LogP contribution in [0.3, 0.4) is 0 Å². The van der Waals surface area contributed by atoms with Crippen LogP contribution >= 0.6 is 0 Å². The van der Waals surface area contributed by atoms with Gasteiger partial charge in [0.1, 0.15) is 0 Å². The van der Waals surface area contributed by atoms with E-state index in [-0.39, 0.29) is 11.9 Å². The number of carbonyl (C=O) groups excluding carboxylic acids is 1. The summed E-state index contributed by atoms with van der Waals surface area (Å²) >= 11 is 0. The fraction of sp³-hybridized carbons (Fsp3) is 0.929. The summed E-state index contributed by atoms with van der Waals surface area (Å²) in [5.41, 5.74) is 0. The second kappa shape index (κ2) is 7.00. The lowest BCUT2D eigenvalue weighted by Crippen LogP contribution is -2.36. The van der Waals surface area contributed by atoms with E-state index < -0.39 is 0 Å². The Bertz CT molecular complexity index is 232. The summed E-state index contributed by atoms with van der Waals surface area (Å²) in [6.45, 7) is 10.1. The van der Waals surface area contributed by atoms with Gasteiger partial charge in [-0.05, 0) is 44.2 Å². The molecule has 0 radical (unpaired) electrons. The highest BCUT2D eigenvalue weighted by atomic mass is 16.5. The molecule has 0 aromatic carbocycles. The van der Waals surface area contributed by atoms with Crippen LogP contribution in [0.15, 0.2) is 0 Å². The van der Waals surface area contributed by atoms with E-state index in [2.05, 4.69) is 18.7 Å². The number of methoxy groups -OCH3 is 1. The minimum Gasteiger partial charge on any atom is -0.469 e. The molecule has 1 rings (SSSR count). The summed E-state index contributed by atoms with van der Waals surface area (Å²) in [6, 6.07) is 0. The number of piperidine rings is 1. The van der Waals surface area contributed by atoms with Crippen LogP contribution in [-0.4, -0.2) is 37.6 Å². The lowest BCUT2D eigenvalue weighted by atomic mass is 9.87. The third kappa shape index (κ3) is 5.07. The summed E-state index contributed by atoms with van der Waals surface area (Å²) in [5, 5.41) is 0. The van der Waals surface area contributed by atoms with E-state index in [4.69, 9.17) is 4.74 Å². The summed E-state index contributed by atoms with van der Waals surface area (Å²) in [5.74, 6) is 1.45. The molecule has 0 N–H and O–H groups in total. The lowest BCUT2D eigenvalue weighted by molar-refractivity contribution is -0.145. The molecule has 100 valence electrons. The van der Waals surface area contributed by atoms with E-state index in [0.717, 1.165) is 12.3 Å². The predicted octanol–water partition coefficient (Wildman–Crippen LogP) is 2.55. The first kappa shape index (κ1) is 14.5. The molecule has 0 spiro atoms. The van der Waals surface area contributed by atoms with Crippen molar-refractivity contribution in [3.8, 4) is 0 Å². The highest BCUT2D eigenvalue weighted by Gasteiger charge is 2.24. The molecule has 0 aromatic rings. The second-order valence-corrected chi connectivity index (χ2v) is 5.80. The molecule has 0 aromatic heterocycles. The standard InChI is InChI=1S/C14H27NO2/c1-11(2)10-15-7-5-13(6-8-15)9-12(3)14(16)17-4/h11-13H,5-10H2,1-4H3.